The molecular formula is C27H34N6O2. The van der Waals surface area contributed by atoms with Gasteiger partial charge in [0.25, 0.3) is 5.91 Å². The predicted molar refractivity (Wildman–Crippen MR) is 137 cm³/mol. The minimum absolute atomic E-state index is 0.00127. The van der Waals surface area contributed by atoms with Crippen LogP contribution in [0.15, 0.2) is 30.5 Å². The number of carbonyl (C=O) groups excluding carboxylic acids is 1. The maximum atomic E-state index is 12.6. The van der Waals surface area contributed by atoms with Crippen LogP contribution in [0.5, 0.6) is 0 Å². The Morgan fingerprint density at radius 2 is 1.94 bits per heavy atom. The zero-order chi connectivity index (χ0) is 23.9. The summed E-state index contributed by atoms with van der Waals surface area (Å²) in [6, 6.07) is 8.27. The zero-order valence-electron chi connectivity index (χ0n) is 20.3. The number of hydrogen-bond acceptors (Lipinski definition) is 6. The molecule has 0 unspecified atom stereocenters. The van der Waals surface area contributed by atoms with E-state index in [1.165, 1.54) is 12.8 Å². The molecule has 3 aliphatic carbocycles. The first-order valence-electron chi connectivity index (χ1n) is 13.0. The summed E-state index contributed by atoms with van der Waals surface area (Å²) < 4.78 is 1.86. The number of aromatic nitrogens is 3. The van der Waals surface area contributed by atoms with Crippen LogP contribution < -0.4 is 16.0 Å². The van der Waals surface area contributed by atoms with Crippen molar-refractivity contribution in [2.75, 3.05) is 17.2 Å². The van der Waals surface area contributed by atoms with Gasteiger partial charge in [-0.2, -0.15) is 9.61 Å². The molecule has 0 radical (unpaired) electrons. The monoisotopic (exact) mass is 474 g/mol. The second-order valence-corrected chi connectivity index (χ2v) is 10.5. The highest BCUT2D eigenvalue weighted by molar-refractivity contribution is 5.97. The van der Waals surface area contributed by atoms with Crippen molar-refractivity contribution >= 4 is 23.2 Å². The highest BCUT2D eigenvalue weighted by Crippen LogP contribution is 2.32. The Morgan fingerprint density at radius 1 is 1.11 bits per heavy atom. The number of rotatable bonds is 8. The fraction of sp³-hybridized carbons (Fsp3) is 0.519. The lowest BCUT2D eigenvalue weighted by atomic mass is 9.92. The minimum atomic E-state index is -0.356. The first-order chi connectivity index (χ1) is 17.0. The van der Waals surface area contributed by atoms with Crippen molar-refractivity contribution in [3.63, 3.8) is 0 Å². The van der Waals surface area contributed by atoms with E-state index in [1.54, 1.807) is 0 Å². The van der Waals surface area contributed by atoms with Crippen LogP contribution in [0, 0.1) is 12.8 Å². The largest absolute Gasteiger partial charge is 0.391 e. The molecule has 1 amide bonds. The van der Waals surface area contributed by atoms with Gasteiger partial charge in [-0.15, -0.1) is 0 Å². The van der Waals surface area contributed by atoms with E-state index >= 15 is 0 Å². The second kappa shape index (κ2) is 9.15. The minimum Gasteiger partial charge on any atom is -0.391 e. The van der Waals surface area contributed by atoms with E-state index in [1.807, 2.05) is 41.9 Å². The smallest absolute Gasteiger partial charge is 0.251 e. The molecule has 8 nitrogen and oxygen atoms in total. The van der Waals surface area contributed by atoms with Crippen LogP contribution in [0.25, 0.3) is 16.8 Å². The highest BCUT2D eigenvalue weighted by atomic mass is 16.3. The van der Waals surface area contributed by atoms with Gasteiger partial charge in [-0.1, -0.05) is 25.0 Å². The van der Waals surface area contributed by atoms with Crippen molar-refractivity contribution in [3.8, 4) is 11.1 Å². The maximum Gasteiger partial charge on any atom is 0.251 e. The Kier molecular flexibility index (Phi) is 5.84. The molecule has 3 fully saturated rings. The number of amides is 1. The molecule has 0 spiro atoms. The molecule has 3 saturated carbocycles. The Morgan fingerprint density at radius 3 is 2.69 bits per heavy atom. The molecule has 4 N–H and O–H groups in total. The summed E-state index contributed by atoms with van der Waals surface area (Å²) in [5.74, 6) is 2.37. The zero-order valence-corrected chi connectivity index (χ0v) is 20.3. The van der Waals surface area contributed by atoms with Crippen molar-refractivity contribution in [1.29, 1.82) is 0 Å². The van der Waals surface area contributed by atoms with Gasteiger partial charge in [-0.25, -0.2) is 4.98 Å². The summed E-state index contributed by atoms with van der Waals surface area (Å²) in [5, 5.41) is 25.3. The quantitative estimate of drug-likeness (QED) is 0.391. The fourth-order valence-electron chi connectivity index (χ4n) is 4.98. The summed E-state index contributed by atoms with van der Waals surface area (Å²) in [7, 11) is 0. The molecule has 35 heavy (non-hydrogen) atoms. The fourth-order valence-corrected chi connectivity index (χ4v) is 4.98. The SMILES string of the molecule is Cc1cc(-c2cnn3c(NCC4CC4)cc(N[C@H]4CCCC[C@H]4O)nc23)ccc1C(=O)NC1CC1. The van der Waals surface area contributed by atoms with Gasteiger partial charge in [0.15, 0.2) is 5.65 Å². The average Bonchev–Trinajstić information content (AvgIpc) is 3.78. The lowest BCUT2D eigenvalue weighted by Gasteiger charge is -2.29. The molecule has 0 saturated heterocycles. The van der Waals surface area contributed by atoms with Gasteiger partial charge in [0.05, 0.1) is 18.3 Å². The average molecular weight is 475 g/mol. The van der Waals surface area contributed by atoms with Crippen molar-refractivity contribution < 1.29 is 9.90 Å². The molecule has 1 aromatic carbocycles. The van der Waals surface area contributed by atoms with Crippen molar-refractivity contribution in [2.45, 2.75) is 76.5 Å². The lowest BCUT2D eigenvalue weighted by molar-refractivity contribution is 0.0950. The summed E-state index contributed by atoms with van der Waals surface area (Å²) in [6.45, 7) is 2.90. The number of aryl methyl sites for hydroxylation is 1. The molecule has 2 atom stereocenters. The molecule has 2 heterocycles. The maximum absolute atomic E-state index is 12.6. The normalized spacial score (nSPS) is 22.2. The van der Waals surface area contributed by atoms with E-state index in [0.29, 0.717) is 11.6 Å². The predicted octanol–water partition coefficient (Wildman–Crippen LogP) is 4.13. The number of benzene rings is 1. The molecule has 3 aromatic rings. The summed E-state index contributed by atoms with van der Waals surface area (Å²) in [4.78, 5) is 17.5. The van der Waals surface area contributed by atoms with Crippen molar-refractivity contribution in [3.05, 3.63) is 41.6 Å². The number of anilines is 2. The van der Waals surface area contributed by atoms with Crippen LogP contribution >= 0.6 is 0 Å². The van der Waals surface area contributed by atoms with E-state index in [2.05, 4.69) is 21.0 Å². The van der Waals surface area contributed by atoms with Crippen LogP contribution in [0.3, 0.4) is 0 Å². The number of carbonyl (C=O) groups is 1. The second-order valence-electron chi connectivity index (χ2n) is 10.5. The number of nitrogens with zero attached hydrogens (tertiary/aromatic N) is 3. The van der Waals surface area contributed by atoms with Crippen LogP contribution in [0.4, 0.5) is 11.6 Å². The molecular weight excluding hydrogens is 440 g/mol. The standard InChI is InChI=1S/C27H34N6O2/c1-16-12-18(8-11-20(16)27(35)30-19-9-10-19)21-15-29-33-25(28-14-17-6-7-17)13-24(32-26(21)33)31-22-4-2-3-5-23(22)34/h8,11-13,15,17,19,22-23,28,34H,2-7,9-10,14H2,1H3,(H,30,35)(H,31,32)/t22-,23+/m0/s1. The topological polar surface area (TPSA) is 104 Å². The van der Waals surface area contributed by atoms with E-state index < -0.39 is 0 Å². The van der Waals surface area contributed by atoms with Gasteiger partial charge in [-0.05, 0) is 68.6 Å². The summed E-state index contributed by atoms with van der Waals surface area (Å²) in [5.41, 5.74) is 4.31. The molecule has 6 rings (SSSR count). The first-order valence-corrected chi connectivity index (χ1v) is 13.0. The van der Waals surface area contributed by atoms with Gasteiger partial charge in [-0.3, -0.25) is 4.79 Å². The molecule has 2 aromatic heterocycles. The third-order valence-corrected chi connectivity index (χ3v) is 7.50. The summed E-state index contributed by atoms with van der Waals surface area (Å²) >= 11 is 0. The number of aliphatic hydroxyl groups excluding tert-OH is 1. The van der Waals surface area contributed by atoms with Crippen LogP contribution in [0.2, 0.25) is 0 Å². The van der Waals surface area contributed by atoms with Gasteiger partial charge in [0.1, 0.15) is 11.6 Å². The molecule has 3 aliphatic rings. The Labute approximate surface area is 205 Å². The number of nitrogens with one attached hydrogen (secondary N) is 3. The summed E-state index contributed by atoms with van der Waals surface area (Å²) in [6.07, 6.45) is 10.1. The third kappa shape index (κ3) is 4.85. The Balaban J connectivity index is 1.34. The number of hydrogen-bond donors (Lipinski definition) is 4. The van der Waals surface area contributed by atoms with E-state index in [0.717, 1.165) is 85.0 Å². The van der Waals surface area contributed by atoms with Gasteiger partial charge >= 0.3 is 0 Å². The van der Waals surface area contributed by atoms with Crippen molar-refractivity contribution in [1.82, 2.24) is 19.9 Å². The van der Waals surface area contributed by atoms with Gasteiger partial charge < -0.3 is 21.1 Å². The number of aliphatic hydroxyl groups is 1. The van der Waals surface area contributed by atoms with Gasteiger partial charge in [0, 0.05) is 29.8 Å². The van der Waals surface area contributed by atoms with Gasteiger partial charge in [0.2, 0.25) is 0 Å². The molecule has 8 heteroatoms. The third-order valence-electron chi connectivity index (χ3n) is 7.50. The van der Waals surface area contributed by atoms with Crippen molar-refractivity contribution in [2.24, 2.45) is 5.92 Å². The molecule has 184 valence electrons. The van der Waals surface area contributed by atoms with E-state index in [-0.39, 0.29) is 18.1 Å². The first kappa shape index (κ1) is 22.3. The Bertz CT molecular complexity index is 1250. The van der Waals surface area contributed by atoms with Crippen LogP contribution in [0.1, 0.15) is 67.3 Å². The highest BCUT2D eigenvalue weighted by Gasteiger charge is 2.26. The van der Waals surface area contributed by atoms with E-state index in [4.69, 9.17) is 4.98 Å². The molecule has 0 bridgehead atoms. The van der Waals surface area contributed by atoms with Crippen LogP contribution in [-0.4, -0.2) is 50.3 Å². The number of fused-ring (bicyclic) bond motifs is 1. The Hall–Kier alpha value is -3.13. The van der Waals surface area contributed by atoms with Crippen LogP contribution in [-0.2, 0) is 0 Å². The molecule has 0 aliphatic heterocycles. The van der Waals surface area contributed by atoms with E-state index in [9.17, 15) is 9.90 Å². The lowest BCUT2D eigenvalue weighted by Crippen LogP contribution is -2.36.